The van der Waals surface area contributed by atoms with Crippen molar-refractivity contribution in [3.05, 3.63) is 40.8 Å². The fourth-order valence-electron chi connectivity index (χ4n) is 1.27. The monoisotopic (exact) mass is 308 g/mol. The van der Waals surface area contributed by atoms with Crippen LogP contribution in [0.4, 0.5) is 13.2 Å². The molecule has 0 saturated carbocycles. The van der Waals surface area contributed by atoms with Gasteiger partial charge in [0.2, 0.25) is 0 Å². The topological polar surface area (TPSA) is 60.4 Å². The molecule has 0 atom stereocenters. The zero-order chi connectivity index (χ0) is 15.4. The predicted octanol–water partition coefficient (Wildman–Crippen LogP) is 2.53. The number of ether oxygens (including phenoxy) is 1. The number of carbonyl (C=O) groups excluding carboxylic acids is 1. The lowest BCUT2D eigenvalue weighted by Gasteiger charge is -2.11. The smallest absolute Gasteiger partial charge is 0.462 e. The second-order valence-corrected chi connectivity index (χ2v) is 5.50. The van der Waals surface area contributed by atoms with E-state index in [9.17, 15) is 26.4 Å². The number of benzene rings is 1. The molecule has 0 heterocycles. The Labute approximate surface area is 113 Å². The van der Waals surface area contributed by atoms with Crippen LogP contribution in [0, 0.1) is 0 Å². The maximum absolute atomic E-state index is 12.6. The van der Waals surface area contributed by atoms with E-state index in [1.165, 1.54) is 31.2 Å². The van der Waals surface area contributed by atoms with E-state index in [1.54, 1.807) is 6.07 Å². The van der Waals surface area contributed by atoms with Crippen LogP contribution in [-0.2, 0) is 19.4 Å². The number of alkyl halides is 3. The highest BCUT2D eigenvalue weighted by Crippen LogP contribution is 2.31. The average molecular weight is 308 g/mol. The molecule has 8 heteroatoms. The number of esters is 1. The molecule has 0 N–H and O–H groups in total. The molecule has 0 aliphatic heterocycles. The fourth-order valence-corrected chi connectivity index (χ4v) is 2.09. The summed E-state index contributed by atoms with van der Waals surface area (Å²) >= 11 is 0. The number of carbonyl (C=O) groups is 1. The quantitative estimate of drug-likeness (QED) is 0.633. The fraction of sp³-hybridized carbons (Fsp3) is 0.250. The van der Waals surface area contributed by atoms with Gasteiger partial charge in [0.05, 0.1) is 6.61 Å². The molecule has 4 nitrogen and oxygen atoms in total. The molecule has 0 aromatic heterocycles. The number of rotatable bonds is 4. The highest BCUT2D eigenvalue weighted by atomic mass is 32.2. The lowest BCUT2D eigenvalue weighted by Crippen LogP contribution is -2.29. The molecule has 0 unspecified atom stereocenters. The molecule has 0 saturated heterocycles. The molecule has 0 aliphatic rings. The minimum atomic E-state index is -5.77. The van der Waals surface area contributed by atoms with E-state index in [-0.39, 0.29) is 12.2 Å². The Bertz CT molecular complexity index is 603. The molecule has 0 spiro atoms. The maximum atomic E-state index is 12.6. The van der Waals surface area contributed by atoms with E-state index >= 15 is 0 Å². The van der Waals surface area contributed by atoms with Crippen LogP contribution in [0.2, 0.25) is 0 Å². The van der Waals surface area contributed by atoms with Crippen LogP contribution in [0.15, 0.2) is 35.2 Å². The first-order valence-corrected chi connectivity index (χ1v) is 6.93. The van der Waals surface area contributed by atoms with Crippen LogP contribution in [0.1, 0.15) is 12.5 Å². The van der Waals surface area contributed by atoms with Crippen molar-refractivity contribution in [2.75, 3.05) is 6.61 Å². The number of hydrogen-bond acceptors (Lipinski definition) is 4. The van der Waals surface area contributed by atoms with Crippen molar-refractivity contribution in [3.63, 3.8) is 0 Å². The van der Waals surface area contributed by atoms with Crippen LogP contribution in [0.5, 0.6) is 0 Å². The van der Waals surface area contributed by atoms with E-state index in [2.05, 4.69) is 4.74 Å². The molecule has 0 bridgehead atoms. The van der Waals surface area contributed by atoms with Gasteiger partial charge in [-0.05, 0) is 18.6 Å². The van der Waals surface area contributed by atoms with E-state index in [4.69, 9.17) is 0 Å². The highest BCUT2D eigenvalue weighted by molar-refractivity contribution is 7.97. The van der Waals surface area contributed by atoms with Crippen molar-refractivity contribution in [2.24, 2.45) is 0 Å². The summed E-state index contributed by atoms with van der Waals surface area (Å²) in [6.45, 7) is 1.12. The first-order chi connectivity index (χ1) is 9.20. The van der Waals surface area contributed by atoms with Crippen molar-refractivity contribution in [3.8, 4) is 0 Å². The van der Waals surface area contributed by atoms with Crippen LogP contribution < -0.4 is 0 Å². The van der Waals surface area contributed by atoms with Crippen molar-refractivity contribution in [2.45, 2.75) is 12.4 Å². The van der Waals surface area contributed by atoms with E-state index in [1.807, 2.05) is 0 Å². The summed E-state index contributed by atoms with van der Waals surface area (Å²) in [5, 5.41) is 0. The van der Waals surface area contributed by atoms with Crippen molar-refractivity contribution in [1.82, 2.24) is 0 Å². The molecular formula is C12H11F3O4S. The van der Waals surface area contributed by atoms with Crippen LogP contribution >= 0.6 is 0 Å². The third kappa shape index (κ3) is 3.60. The van der Waals surface area contributed by atoms with Gasteiger partial charge in [-0.15, -0.1) is 0 Å². The Kier molecular flexibility index (Phi) is 4.93. The lowest BCUT2D eigenvalue weighted by atomic mass is 10.2. The zero-order valence-corrected chi connectivity index (χ0v) is 11.2. The molecular weight excluding hydrogens is 297 g/mol. The molecule has 20 heavy (non-hydrogen) atoms. The average Bonchev–Trinajstić information content (AvgIpc) is 2.36. The van der Waals surface area contributed by atoms with Gasteiger partial charge >= 0.3 is 11.5 Å². The molecule has 1 aromatic carbocycles. The van der Waals surface area contributed by atoms with Gasteiger partial charge in [0, 0.05) is 0 Å². The lowest BCUT2D eigenvalue weighted by molar-refractivity contribution is -0.137. The normalized spacial score (nSPS) is 13.1. The molecule has 0 aliphatic carbocycles. The highest BCUT2D eigenvalue weighted by Gasteiger charge is 2.50. The van der Waals surface area contributed by atoms with Gasteiger partial charge in [0.1, 0.15) is 0 Å². The largest absolute Gasteiger partial charge is 0.502 e. The van der Waals surface area contributed by atoms with Crippen molar-refractivity contribution < 1.29 is 31.1 Å². The van der Waals surface area contributed by atoms with Gasteiger partial charge in [-0.1, -0.05) is 30.3 Å². The summed E-state index contributed by atoms with van der Waals surface area (Å²) in [4.78, 5) is 10.0. The first-order valence-electron chi connectivity index (χ1n) is 5.45. The Morgan fingerprint density at radius 1 is 1.25 bits per heavy atom. The van der Waals surface area contributed by atoms with Gasteiger partial charge in [0.15, 0.2) is 4.91 Å². The predicted molar refractivity (Wildman–Crippen MR) is 66.0 cm³/mol. The van der Waals surface area contributed by atoms with Gasteiger partial charge in [-0.3, -0.25) is 0 Å². The van der Waals surface area contributed by atoms with Crippen LogP contribution in [0.3, 0.4) is 0 Å². The summed E-state index contributed by atoms with van der Waals surface area (Å²) in [5.74, 6) is -1.53. The second-order valence-electron chi connectivity index (χ2n) is 3.59. The molecule has 0 fully saturated rings. The van der Waals surface area contributed by atoms with Crippen molar-refractivity contribution in [1.29, 1.82) is 0 Å². The minimum absolute atomic E-state index is 0.142. The third-order valence-electron chi connectivity index (χ3n) is 2.17. The standard InChI is InChI=1S/C12H11F3O4S/c1-2-19-11(16)10(20(17,18)12(13,14)15)8-9-6-4-3-5-7-9/h3-8H,2H2,1H3/b10-8-. The van der Waals surface area contributed by atoms with E-state index in [0.29, 0.717) is 6.08 Å². The number of hydrogen-bond donors (Lipinski definition) is 0. The SMILES string of the molecule is CCOC(=O)/C(=C/c1ccccc1)S(=O)(=O)C(F)(F)F. The summed E-state index contributed by atoms with van der Waals surface area (Å²) < 4.78 is 64.8. The Morgan fingerprint density at radius 2 is 1.80 bits per heavy atom. The molecule has 0 amide bonds. The van der Waals surface area contributed by atoms with E-state index in [0.717, 1.165) is 0 Å². The Morgan fingerprint density at radius 3 is 2.25 bits per heavy atom. The molecule has 0 radical (unpaired) electrons. The summed E-state index contributed by atoms with van der Waals surface area (Å²) in [5.41, 5.74) is -5.43. The minimum Gasteiger partial charge on any atom is -0.462 e. The Balaban J connectivity index is 3.38. The third-order valence-corrected chi connectivity index (χ3v) is 3.64. The molecule has 1 aromatic rings. The summed E-state index contributed by atoms with van der Waals surface area (Å²) in [6.07, 6.45) is 0.640. The summed E-state index contributed by atoms with van der Waals surface area (Å²) in [6, 6.07) is 7.32. The van der Waals surface area contributed by atoms with Gasteiger partial charge < -0.3 is 4.74 Å². The van der Waals surface area contributed by atoms with Crippen molar-refractivity contribution >= 4 is 21.9 Å². The van der Waals surface area contributed by atoms with Gasteiger partial charge in [0.25, 0.3) is 9.84 Å². The molecule has 1 rings (SSSR count). The summed E-state index contributed by atoms with van der Waals surface area (Å²) in [7, 11) is -5.77. The second kappa shape index (κ2) is 6.08. The van der Waals surface area contributed by atoms with Crippen LogP contribution in [0.25, 0.3) is 6.08 Å². The van der Waals surface area contributed by atoms with Gasteiger partial charge in [-0.2, -0.15) is 13.2 Å². The maximum Gasteiger partial charge on any atom is 0.502 e. The number of halogens is 3. The Hall–Kier alpha value is -1.83. The zero-order valence-electron chi connectivity index (χ0n) is 10.3. The number of sulfone groups is 1. The van der Waals surface area contributed by atoms with Crippen LogP contribution in [-0.4, -0.2) is 26.5 Å². The molecule has 110 valence electrons. The van der Waals surface area contributed by atoms with Gasteiger partial charge in [-0.25, -0.2) is 13.2 Å². The van der Waals surface area contributed by atoms with E-state index < -0.39 is 26.2 Å². The first kappa shape index (κ1) is 16.2.